The van der Waals surface area contributed by atoms with Crippen LogP contribution in [0.5, 0.6) is 5.75 Å². The number of ether oxygens (including phenoxy) is 1. The molecule has 3 aliphatic heterocycles. The Hall–Kier alpha value is -2.08. The second kappa shape index (κ2) is 4.98. The van der Waals surface area contributed by atoms with Crippen LogP contribution in [-0.4, -0.2) is 65.2 Å². The van der Waals surface area contributed by atoms with Crippen LogP contribution >= 0.6 is 0 Å². The van der Waals surface area contributed by atoms with E-state index < -0.39 is 0 Å². The van der Waals surface area contributed by atoms with Crippen LogP contribution in [0.4, 0.5) is 0 Å². The van der Waals surface area contributed by atoms with Crippen molar-refractivity contribution in [1.82, 2.24) is 20.0 Å². The van der Waals surface area contributed by atoms with Crippen molar-refractivity contribution in [2.24, 2.45) is 0 Å². The third-order valence-electron chi connectivity index (χ3n) is 5.04. The highest BCUT2D eigenvalue weighted by Gasteiger charge is 2.40. The third-order valence-corrected chi connectivity index (χ3v) is 5.04. The fourth-order valence-electron chi connectivity index (χ4n) is 3.71. The number of aromatic nitrogens is 2. The zero-order valence-electron chi connectivity index (χ0n) is 12.9. The summed E-state index contributed by atoms with van der Waals surface area (Å²) in [4.78, 5) is 17.3. The van der Waals surface area contributed by atoms with E-state index in [1.165, 1.54) is 6.42 Å². The van der Waals surface area contributed by atoms with Crippen LogP contribution < -0.4 is 4.74 Å². The predicted octanol–water partition coefficient (Wildman–Crippen LogP) is 1.49. The number of amides is 1. The summed E-state index contributed by atoms with van der Waals surface area (Å²) in [5, 5.41) is 8.04. The van der Waals surface area contributed by atoms with E-state index in [2.05, 4.69) is 22.1 Å². The van der Waals surface area contributed by atoms with Gasteiger partial charge in [0.1, 0.15) is 5.75 Å². The molecule has 6 heteroatoms. The molecule has 3 aliphatic rings. The molecule has 3 saturated heterocycles. The van der Waals surface area contributed by atoms with Crippen molar-refractivity contribution in [1.29, 1.82) is 0 Å². The zero-order valence-corrected chi connectivity index (χ0v) is 12.9. The Morgan fingerprint density at radius 3 is 2.82 bits per heavy atom. The number of nitrogens with one attached hydrogen (secondary N) is 1. The van der Waals surface area contributed by atoms with E-state index in [0.717, 1.165) is 36.2 Å². The molecule has 22 heavy (non-hydrogen) atoms. The largest absolute Gasteiger partial charge is 0.497 e. The summed E-state index contributed by atoms with van der Waals surface area (Å²) >= 11 is 0. The average Bonchev–Trinajstić information content (AvgIpc) is 2.97. The Bertz CT molecular complexity index is 726. The summed E-state index contributed by atoms with van der Waals surface area (Å²) < 4.78 is 5.26. The van der Waals surface area contributed by atoms with Gasteiger partial charge in [0.2, 0.25) is 0 Å². The normalized spacial score (nSPS) is 24.9. The second-order valence-corrected chi connectivity index (χ2v) is 6.27. The lowest BCUT2D eigenvalue weighted by molar-refractivity contribution is -0.000327. The standard InChI is InChI=1S/C16H20N4O2/c1-19-8-11-4-3-10(19)9-20(11)16(21)15-13-7-12(22-2)5-6-14(13)17-18-15/h5-7,10-11H,3-4,8-9H2,1-2H3,(H,17,18). The van der Waals surface area contributed by atoms with Gasteiger partial charge in [0.25, 0.3) is 5.91 Å². The van der Waals surface area contributed by atoms with Crippen LogP contribution in [0.25, 0.3) is 10.9 Å². The fraction of sp³-hybridized carbons (Fsp3) is 0.500. The molecule has 1 aromatic carbocycles. The number of aromatic amines is 1. The highest BCUT2D eigenvalue weighted by Crippen LogP contribution is 2.30. The Morgan fingerprint density at radius 2 is 2.14 bits per heavy atom. The number of rotatable bonds is 2. The number of H-pyrrole nitrogens is 1. The lowest BCUT2D eigenvalue weighted by Gasteiger charge is -2.50. The molecule has 0 radical (unpaired) electrons. The van der Waals surface area contributed by atoms with E-state index in [4.69, 9.17) is 4.74 Å². The second-order valence-electron chi connectivity index (χ2n) is 6.27. The van der Waals surface area contributed by atoms with Gasteiger partial charge in [-0.05, 0) is 38.1 Å². The minimum absolute atomic E-state index is 0.0299. The first-order valence-corrected chi connectivity index (χ1v) is 7.70. The van der Waals surface area contributed by atoms with E-state index in [1.54, 1.807) is 7.11 Å². The molecule has 2 unspecified atom stereocenters. The quantitative estimate of drug-likeness (QED) is 0.913. The van der Waals surface area contributed by atoms with Crippen molar-refractivity contribution in [3.05, 3.63) is 23.9 Å². The van der Waals surface area contributed by atoms with Crippen LogP contribution in [0.1, 0.15) is 23.3 Å². The van der Waals surface area contributed by atoms with Crippen molar-refractivity contribution in [3.63, 3.8) is 0 Å². The fourth-order valence-corrected chi connectivity index (χ4v) is 3.71. The number of benzene rings is 1. The summed E-state index contributed by atoms with van der Waals surface area (Å²) in [7, 11) is 3.77. The van der Waals surface area contributed by atoms with E-state index >= 15 is 0 Å². The van der Waals surface area contributed by atoms with E-state index in [1.807, 2.05) is 23.1 Å². The first-order chi connectivity index (χ1) is 10.7. The van der Waals surface area contributed by atoms with Crippen molar-refractivity contribution >= 4 is 16.8 Å². The van der Waals surface area contributed by atoms with Gasteiger partial charge < -0.3 is 9.64 Å². The van der Waals surface area contributed by atoms with Gasteiger partial charge in [-0.3, -0.25) is 14.8 Å². The Kier molecular flexibility index (Phi) is 3.07. The molecular formula is C16H20N4O2. The number of likely N-dealkylation sites (N-methyl/N-ethyl adjacent to an activating group) is 1. The van der Waals surface area contributed by atoms with Crippen molar-refractivity contribution < 1.29 is 9.53 Å². The maximum atomic E-state index is 13.0. The molecule has 5 rings (SSSR count). The Labute approximate surface area is 129 Å². The smallest absolute Gasteiger partial charge is 0.275 e. The number of hydrogen-bond acceptors (Lipinski definition) is 4. The molecule has 1 N–H and O–H groups in total. The molecule has 0 saturated carbocycles. The van der Waals surface area contributed by atoms with Gasteiger partial charge in [0.15, 0.2) is 5.69 Å². The van der Waals surface area contributed by atoms with Crippen molar-refractivity contribution in [3.8, 4) is 5.75 Å². The molecule has 2 atom stereocenters. The first kappa shape index (κ1) is 13.6. The van der Waals surface area contributed by atoms with E-state index in [0.29, 0.717) is 17.8 Å². The molecule has 4 heterocycles. The lowest BCUT2D eigenvalue weighted by atomic mass is 9.91. The molecule has 2 bridgehead atoms. The van der Waals surface area contributed by atoms with Gasteiger partial charge in [0.05, 0.1) is 12.6 Å². The minimum Gasteiger partial charge on any atom is -0.497 e. The number of fused-ring (bicyclic) bond motifs is 4. The first-order valence-electron chi connectivity index (χ1n) is 7.70. The monoisotopic (exact) mass is 300 g/mol. The Balaban J connectivity index is 1.68. The molecule has 0 aliphatic carbocycles. The summed E-state index contributed by atoms with van der Waals surface area (Å²) in [6, 6.07) is 6.43. The summed E-state index contributed by atoms with van der Waals surface area (Å²) in [6.45, 7) is 1.76. The summed E-state index contributed by atoms with van der Waals surface area (Å²) in [5.41, 5.74) is 1.37. The maximum absolute atomic E-state index is 13.0. The van der Waals surface area contributed by atoms with Crippen molar-refractivity contribution in [2.75, 3.05) is 27.2 Å². The molecule has 0 spiro atoms. The summed E-state index contributed by atoms with van der Waals surface area (Å²) in [6.07, 6.45) is 2.27. The van der Waals surface area contributed by atoms with Crippen LogP contribution in [0.3, 0.4) is 0 Å². The molecule has 6 nitrogen and oxygen atoms in total. The SMILES string of the molecule is COc1ccc2[nH]nc(C(=O)N3CC4CCC3CN4C)c2c1. The minimum atomic E-state index is 0.0299. The van der Waals surface area contributed by atoms with Gasteiger partial charge in [-0.25, -0.2) is 0 Å². The number of hydrogen-bond donors (Lipinski definition) is 1. The zero-order chi connectivity index (χ0) is 15.3. The number of nitrogens with zero attached hydrogens (tertiary/aromatic N) is 3. The van der Waals surface area contributed by atoms with Crippen LogP contribution in [0.2, 0.25) is 0 Å². The lowest BCUT2D eigenvalue weighted by Crippen LogP contribution is -2.62. The highest BCUT2D eigenvalue weighted by atomic mass is 16.5. The average molecular weight is 300 g/mol. The number of piperidine rings is 2. The summed E-state index contributed by atoms with van der Waals surface area (Å²) in [5.74, 6) is 0.769. The van der Waals surface area contributed by atoms with Crippen molar-refractivity contribution in [2.45, 2.75) is 24.9 Å². The number of carbonyl (C=O) groups excluding carboxylic acids is 1. The van der Waals surface area contributed by atoms with Gasteiger partial charge >= 0.3 is 0 Å². The third kappa shape index (κ3) is 1.98. The van der Waals surface area contributed by atoms with E-state index in [9.17, 15) is 4.79 Å². The van der Waals surface area contributed by atoms with Gasteiger partial charge in [0, 0.05) is 30.6 Å². The molecular weight excluding hydrogens is 280 g/mol. The van der Waals surface area contributed by atoms with Gasteiger partial charge in [-0.15, -0.1) is 0 Å². The van der Waals surface area contributed by atoms with Gasteiger partial charge in [-0.2, -0.15) is 5.10 Å². The van der Waals surface area contributed by atoms with Gasteiger partial charge in [-0.1, -0.05) is 0 Å². The number of carbonyl (C=O) groups is 1. The van der Waals surface area contributed by atoms with Crippen LogP contribution in [0, 0.1) is 0 Å². The predicted molar refractivity (Wildman–Crippen MR) is 83.1 cm³/mol. The van der Waals surface area contributed by atoms with Crippen LogP contribution in [-0.2, 0) is 0 Å². The maximum Gasteiger partial charge on any atom is 0.275 e. The van der Waals surface area contributed by atoms with Crippen LogP contribution in [0.15, 0.2) is 18.2 Å². The number of piperazine rings is 1. The topological polar surface area (TPSA) is 61.5 Å². The molecule has 1 amide bonds. The molecule has 3 fully saturated rings. The highest BCUT2D eigenvalue weighted by molar-refractivity contribution is 6.05. The van der Waals surface area contributed by atoms with E-state index in [-0.39, 0.29) is 5.91 Å². The Morgan fingerprint density at radius 1 is 1.32 bits per heavy atom. The molecule has 116 valence electrons. The molecule has 1 aromatic heterocycles. The number of methoxy groups -OCH3 is 1. The molecule has 2 aromatic rings.